The molecule has 2 N–H and O–H groups in total. The monoisotopic (exact) mass is 285 g/mol. The fraction of sp³-hybridized carbons (Fsp3) is 0.364. The van der Waals surface area contributed by atoms with Crippen molar-refractivity contribution in [2.45, 2.75) is 18.6 Å². The summed E-state index contributed by atoms with van der Waals surface area (Å²) < 4.78 is 6.60. The Bertz CT molecular complexity index is 397. The van der Waals surface area contributed by atoms with Crippen LogP contribution in [0.5, 0.6) is 5.75 Å². The van der Waals surface area contributed by atoms with Gasteiger partial charge in [0.25, 0.3) is 0 Å². The molecule has 1 fully saturated rings. The van der Waals surface area contributed by atoms with Gasteiger partial charge < -0.3 is 15.2 Å². The van der Waals surface area contributed by atoms with Gasteiger partial charge in [-0.1, -0.05) is 12.1 Å². The van der Waals surface area contributed by atoms with Gasteiger partial charge in [-0.2, -0.15) is 0 Å². The predicted molar refractivity (Wildman–Crippen MR) is 62.6 cm³/mol. The van der Waals surface area contributed by atoms with E-state index in [1.165, 1.54) is 0 Å². The van der Waals surface area contributed by atoms with Crippen molar-refractivity contribution in [1.82, 2.24) is 5.32 Å². The summed E-state index contributed by atoms with van der Waals surface area (Å²) in [6.07, 6.45) is 0.413. The third kappa shape index (κ3) is 2.54. The standard InChI is InChI=1S/C11H12BrNO3/c12-8-3-1-2-4-10(8)16-7-5-9(11(14)15)13-6-7/h1-4,7,9,13H,5-6H2,(H,14,15). The van der Waals surface area contributed by atoms with E-state index in [1.807, 2.05) is 24.3 Å². The number of nitrogens with one attached hydrogen (secondary N) is 1. The van der Waals surface area contributed by atoms with E-state index in [0.29, 0.717) is 13.0 Å². The quantitative estimate of drug-likeness (QED) is 0.887. The zero-order valence-electron chi connectivity index (χ0n) is 8.52. The molecule has 0 saturated carbocycles. The summed E-state index contributed by atoms with van der Waals surface area (Å²) in [6.45, 7) is 0.568. The second kappa shape index (κ2) is 4.84. The van der Waals surface area contributed by atoms with Crippen LogP contribution in [-0.4, -0.2) is 29.8 Å². The Morgan fingerprint density at radius 1 is 1.50 bits per heavy atom. The van der Waals surface area contributed by atoms with Gasteiger partial charge in [0.05, 0.1) is 4.47 Å². The van der Waals surface area contributed by atoms with Crippen molar-refractivity contribution in [2.75, 3.05) is 6.54 Å². The summed E-state index contributed by atoms with van der Waals surface area (Å²) >= 11 is 3.39. The highest BCUT2D eigenvalue weighted by Gasteiger charge is 2.30. The van der Waals surface area contributed by atoms with Crippen LogP contribution in [0.3, 0.4) is 0 Å². The molecule has 1 aliphatic rings. The van der Waals surface area contributed by atoms with Gasteiger partial charge >= 0.3 is 5.97 Å². The first-order chi connectivity index (χ1) is 7.66. The zero-order chi connectivity index (χ0) is 11.5. The summed E-state index contributed by atoms with van der Waals surface area (Å²) in [5.41, 5.74) is 0. The first kappa shape index (κ1) is 11.4. The second-order valence-corrected chi connectivity index (χ2v) is 4.56. The first-order valence-electron chi connectivity index (χ1n) is 5.04. The third-order valence-corrected chi connectivity index (χ3v) is 3.17. The van der Waals surface area contributed by atoms with Crippen molar-refractivity contribution in [3.05, 3.63) is 28.7 Å². The van der Waals surface area contributed by atoms with Crippen molar-refractivity contribution in [1.29, 1.82) is 0 Å². The number of carboxylic acid groups (broad SMARTS) is 1. The molecule has 0 radical (unpaired) electrons. The van der Waals surface area contributed by atoms with Gasteiger partial charge in [0.2, 0.25) is 0 Å². The summed E-state index contributed by atoms with van der Waals surface area (Å²) in [5.74, 6) is -0.0708. The SMILES string of the molecule is O=C(O)C1CC(Oc2ccccc2Br)CN1. The zero-order valence-corrected chi connectivity index (χ0v) is 10.1. The van der Waals surface area contributed by atoms with E-state index >= 15 is 0 Å². The number of hydrogen-bond donors (Lipinski definition) is 2. The van der Waals surface area contributed by atoms with Gasteiger partial charge in [0.15, 0.2) is 0 Å². The summed E-state index contributed by atoms with van der Waals surface area (Å²) in [6, 6.07) is 7.05. The highest BCUT2D eigenvalue weighted by molar-refractivity contribution is 9.10. The smallest absolute Gasteiger partial charge is 0.320 e. The first-order valence-corrected chi connectivity index (χ1v) is 5.83. The van der Waals surface area contributed by atoms with Crippen molar-refractivity contribution in [2.24, 2.45) is 0 Å². The van der Waals surface area contributed by atoms with Gasteiger partial charge in [0, 0.05) is 13.0 Å². The molecule has 5 heteroatoms. The molecule has 86 valence electrons. The van der Waals surface area contributed by atoms with E-state index in [2.05, 4.69) is 21.2 Å². The van der Waals surface area contributed by atoms with Crippen molar-refractivity contribution >= 4 is 21.9 Å². The van der Waals surface area contributed by atoms with E-state index < -0.39 is 12.0 Å². The van der Waals surface area contributed by atoms with Crippen LogP contribution in [0.2, 0.25) is 0 Å². The van der Waals surface area contributed by atoms with Gasteiger partial charge in [-0.05, 0) is 28.1 Å². The molecule has 0 aliphatic carbocycles. The van der Waals surface area contributed by atoms with Gasteiger partial charge in [-0.15, -0.1) is 0 Å². The van der Waals surface area contributed by atoms with Gasteiger partial charge in [-0.25, -0.2) is 0 Å². The lowest BCUT2D eigenvalue weighted by atomic mass is 10.2. The molecule has 0 amide bonds. The van der Waals surface area contributed by atoms with Crippen LogP contribution in [-0.2, 0) is 4.79 Å². The number of para-hydroxylation sites is 1. The Balaban J connectivity index is 1.97. The maximum Gasteiger partial charge on any atom is 0.320 e. The van der Waals surface area contributed by atoms with Crippen LogP contribution in [0.4, 0.5) is 0 Å². The Morgan fingerprint density at radius 2 is 2.25 bits per heavy atom. The van der Waals surface area contributed by atoms with Crippen LogP contribution in [0.25, 0.3) is 0 Å². The summed E-state index contributed by atoms with van der Waals surface area (Å²) in [5, 5.41) is 11.7. The van der Waals surface area contributed by atoms with E-state index in [-0.39, 0.29) is 6.10 Å². The Labute approximate surface area is 102 Å². The van der Waals surface area contributed by atoms with Crippen molar-refractivity contribution < 1.29 is 14.6 Å². The van der Waals surface area contributed by atoms with Crippen molar-refractivity contribution in [3.8, 4) is 5.75 Å². The summed E-state index contributed by atoms with van der Waals surface area (Å²) in [7, 11) is 0. The summed E-state index contributed by atoms with van der Waals surface area (Å²) in [4.78, 5) is 10.7. The average molecular weight is 286 g/mol. The minimum absolute atomic E-state index is 0.0835. The van der Waals surface area contributed by atoms with Crippen LogP contribution < -0.4 is 10.1 Å². The van der Waals surface area contributed by atoms with E-state index in [9.17, 15) is 4.79 Å². The minimum atomic E-state index is -0.821. The number of carbonyl (C=O) groups is 1. The molecule has 1 aliphatic heterocycles. The number of rotatable bonds is 3. The van der Waals surface area contributed by atoms with E-state index in [1.54, 1.807) is 0 Å². The molecule has 0 bridgehead atoms. The largest absolute Gasteiger partial charge is 0.488 e. The lowest BCUT2D eigenvalue weighted by molar-refractivity contribution is -0.139. The topological polar surface area (TPSA) is 58.6 Å². The maximum atomic E-state index is 10.7. The molecule has 2 rings (SSSR count). The van der Waals surface area contributed by atoms with Gasteiger partial charge in [0.1, 0.15) is 17.9 Å². The molecule has 2 atom stereocenters. The van der Waals surface area contributed by atoms with E-state index in [4.69, 9.17) is 9.84 Å². The van der Waals surface area contributed by atoms with Crippen LogP contribution >= 0.6 is 15.9 Å². The molecule has 16 heavy (non-hydrogen) atoms. The number of aliphatic carboxylic acids is 1. The normalized spacial score (nSPS) is 24.3. The highest BCUT2D eigenvalue weighted by atomic mass is 79.9. The van der Waals surface area contributed by atoms with Crippen LogP contribution in [0.1, 0.15) is 6.42 Å². The lowest BCUT2D eigenvalue weighted by Gasteiger charge is -2.13. The molecule has 1 heterocycles. The fourth-order valence-corrected chi connectivity index (χ4v) is 2.08. The molecule has 0 aromatic heterocycles. The maximum absolute atomic E-state index is 10.7. The molecule has 4 nitrogen and oxygen atoms in total. The number of ether oxygens (including phenoxy) is 1. The highest BCUT2D eigenvalue weighted by Crippen LogP contribution is 2.26. The second-order valence-electron chi connectivity index (χ2n) is 3.71. The number of halogens is 1. The molecule has 2 unspecified atom stereocenters. The van der Waals surface area contributed by atoms with Crippen LogP contribution in [0, 0.1) is 0 Å². The third-order valence-electron chi connectivity index (χ3n) is 2.52. The molecule has 1 aromatic carbocycles. The molecule has 0 spiro atoms. The molecular formula is C11H12BrNO3. The fourth-order valence-electron chi connectivity index (χ4n) is 1.70. The average Bonchev–Trinajstić information content (AvgIpc) is 2.70. The lowest BCUT2D eigenvalue weighted by Crippen LogP contribution is -2.30. The molecule has 1 saturated heterocycles. The number of benzene rings is 1. The van der Waals surface area contributed by atoms with Crippen LogP contribution in [0.15, 0.2) is 28.7 Å². The Kier molecular flexibility index (Phi) is 3.46. The van der Waals surface area contributed by atoms with E-state index in [0.717, 1.165) is 10.2 Å². The molecule has 1 aromatic rings. The Morgan fingerprint density at radius 3 is 2.88 bits per heavy atom. The Hall–Kier alpha value is -1.07. The van der Waals surface area contributed by atoms with Gasteiger partial charge in [-0.3, -0.25) is 4.79 Å². The molecular weight excluding hydrogens is 274 g/mol. The predicted octanol–water partition coefficient (Wildman–Crippen LogP) is 1.64. The van der Waals surface area contributed by atoms with Crippen molar-refractivity contribution in [3.63, 3.8) is 0 Å². The minimum Gasteiger partial charge on any atom is -0.488 e. The number of carboxylic acids is 1. The number of hydrogen-bond acceptors (Lipinski definition) is 3.